The molecule has 0 saturated heterocycles. The number of hydrogen-bond acceptors (Lipinski definition) is 4. The molecule has 2 N–H and O–H groups in total. The molecule has 0 aromatic carbocycles. The normalized spacial score (nSPS) is 17.5. The topological polar surface area (TPSA) is 61.8 Å². The van der Waals surface area contributed by atoms with Crippen LogP contribution in [-0.2, 0) is 4.74 Å². The fraction of sp³-hybridized carbons (Fsp3) is 0.938. The van der Waals surface area contributed by atoms with Crippen molar-refractivity contribution in [2.24, 2.45) is 5.92 Å². The zero-order chi connectivity index (χ0) is 16.3. The SMILES string of the molecule is CC(C)(C)OC(=O)N(CCNCC(O)C1CC1)C(C)(C)C. The summed E-state index contributed by atoms with van der Waals surface area (Å²) in [6.45, 7) is 13.4. The van der Waals surface area contributed by atoms with Crippen molar-refractivity contribution < 1.29 is 14.6 Å². The third kappa shape index (κ3) is 7.14. The highest BCUT2D eigenvalue weighted by Gasteiger charge is 2.31. The summed E-state index contributed by atoms with van der Waals surface area (Å²) in [5, 5.41) is 13.0. The van der Waals surface area contributed by atoms with Gasteiger partial charge in [0.15, 0.2) is 0 Å². The van der Waals surface area contributed by atoms with Gasteiger partial charge in [0.2, 0.25) is 0 Å². The molecule has 1 fully saturated rings. The lowest BCUT2D eigenvalue weighted by Crippen LogP contribution is -2.50. The Morgan fingerprint density at radius 1 is 1.29 bits per heavy atom. The lowest BCUT2D eigenvalue weighted by Gasteiger charge is -2.37. The maximum atomic E-state index is 12.3. The zero-order valence-electron chi connectivity index (χ0n) is 14.4. The summed E-state index contributed by atoms with van der Waals surface area (Å²) in [7, 11) is 0. The molecular weight excluding hydrogens is 268 g/mol. The molecule has 5 nitrogen and oxygen atoms in total. The molecule has 0 aliphatic heterocycles. The Bertz CT molecular complexity index is 340. The van der Waals surface area contributed by atoms with Crippen LogP contribution in [-0.4, -0.2) is 53.0 Å². The van der Waals surface area contributed by atoms with E-state index in [9.17, 15) is 9.90 Å². The van der Waals surface area contributed by atoms with E-state index in [2.05, 4.69) is 5.32 Å². The first-order valence-electron chi connectivity index (χ1n) is 7.90. The van der Waals surface area contributed by atoms with Crippen LogP contribution in [0.25, 0.3) is 0 Å². The Kier molecular flexibility index (Phi) is 6.05. The van der Waals surface area contributed by atoms with Crippen LogP contribution in [0.15, 0.2) is 0 Å². The minimum Gasteiger partial charge on any atom is -0.444 e. The summed E-state index contributed by atoms with van der Waals surface area (Å²) >= 11 is 0. The number of hydrogen-bond donors (Lipinski definition) is 2. The second-order valence-corrected chi connectivity index (χ2v) is 7.91. The van der Waals surface area contributed by atoms with E-state index in [1.54, 1.807) is 4.90 Å². The van der Waals surface area contributed by atoms with E-state index in [4.69, 9.17) is 4.74 Å². The molecule has 0 aromatic rings. The van der Waals surface area contributed by atoms with Gasteiger partial charge in [-0.1, -0.05) is 0 Å². The van der Waals surface area contributed by atoms with E-state index in [1.807, 2.05) is 41.5 Å². The molecule has 1 atom stereocenters. The van der Waals surface area contributed by atoms with Crippen LogP contribution >= 0.6 is 0 Å². The average Bonchev–Trinajstić information content (AvgIpc) is 3.07. The van der Waals surface area contributed by atoms with Gasteiger partial charge in [-0.2, -0.15) is 0 Å². The van der Waals surface area contributed by atoms with Gasteiger partial charge in [-0.3, -0.25) is 0 Å². The van der Waals surface area contributed by atoms with Crippen molar-refractivity contribution in [2.75, 3.05) is 19.6 Å². The van der Waals surface area contributed by atoms with Gasteiger partial charge in [-0.15, -0.1) is 0 Å². The molecule has 0 aromatic heterocycles. The third-order valence-electron chi connectivity index (χ3n) is 3.46. The summed E-state index contributed by atoms with van der Waals surface area (Å²) in [6, 6.07) is 0. The van der Waals surface area contributed by atoms with Crippen molar-refractivity contribution >= 4 is 6.09 Å². The highest BCUT2D eigenvalue weighted by molar-refractivity contribution is 5.69. The van der Waals surface area contributed by atoms with Gasteiger partial charge < -0.3 is 20.1 Å². The highest BCUT2D eigenvalue weighted by atomic mass is 16.6. The number of amides is 1. The number of nitrogens with zero attached hydrogens (tertiary/aromatic N) is 1. The molecule has 1 unspecified atom stereocenters. The van der Waals surface area contributed by atoms with Crippen LogP contribution in [0.5, 0.6) is 0 Å². The minimum absolute atomic E-state index is 0.255. The zero-order valence-corrected chi connectivity index (χ0v) is 14.4. The van der Waals surface area contributed by atoms with Crippen LogP contribution in [0.1, 0.15) is 54.4 Å². The number of carbonyl (C=O) groups excluding carboxylic acids is 1. The second-order valence-electron chi connectivity index (χ2n) is 7.91. The first kappa shape index (κ1) is 18.2. The molecule has 124 valence electrons. The Balaban J connectivity index is 2.41. The molecule has 1 aliphatic carbocycles. The molecule has 1 rings (SSSR count). The van der Waals surface area contributed by atoms with Crippen LogP contribution in [0.3, 0.4) is 0 Å². The molecule has 1 saturated carbocycles. The monoisotopic (exact) mass is 300 g/mol. The summed E-state index contributed by atoms with van der Waals surface area (Å²) in [4.78, 5) is 14.0. The van der Waals surface area contributed by atoms with Gasteiger partial charge in [-0.05, 0) is 60.3 Å². The first-order valence-corrected chi connectivity index (χ1v) is 7.90. The lowest BCUT2D eigenvalue weighted by molar-refractivity contribution is 0.00647. The van der Waals surface area contributed by atoms with E-state index in [0.29, 0.717) is 25.6 Å². The Labute approximate surface area is 129 Å². The highest BCUT2D eigenvalue weighted by Crippen LogP contribution is 2.32. The second kappa shape index (κ2) is 6.97. The van der Waals surface area contributed by atoms with Gasteiger partial charge in [0.05, 0.1) is 6.10 Å². The fourth-order valence-corrected chi connectivity index (χ4v) is 2.11. The molecule has 0 heterocycles. The van der Waals surface area contributed by atoms with Crippen molar-refractivity contribution in [3.05, 3.63) is 0 Å². The molecule has 1 amide bonds. The predicted molar refractivity (Wildman–Crippen MR) is 84.3 cm³/mol. The van der Waals surface area contributed by atoms with E-state index in [0.717, 1.165) is 12.8 Å². The summed E-state index contributed by atoms with van der Waals surface area (Å²) in [6.07, 6.45) is 1.72. The number of rotatable bonds is 6. The smallest absolute Gasteiger partial charge is 0.410 e. The summed E-state index contributed by atoms with van der Waals surface area (Å²) in [5.41, 5.74) is -0.782. The van der Waals surface area contributed by atoms with Gasteiger partial charge in [0.1, 0.15) is 5.60 Å². The molecule has 21 heavy (non-hydrogen) atoms. The first-order chi connectivity index (χ1) is 9.50. The van der Waals surface area contributed by atoms with E-state index in [1.165, 1.54) is 0 Å². The maximum Gasteiger partial charge on any atom is 0.410 e. The number of nitrogens with one attached hydrogen (secondary N) is 1. The largest absolute Gasteiger partial charge is 0.444 e. The van der Waals surface area contributed by atoms with Crippen molar-refractivity contribution in [2.45, 2.75) is 71.6 Å². The van der Waals surface area contributed by atoms with Crippen molar-refractivity contribution in [3.63, 3.8) is 0 Å². The molecule has 1 aliphatic rings. The third-order valence-corrected chi connectivity index (χ3v) is 3.46. The van der Waals surface area contributed by atoms with Gasteiger partial charge in [-0.25, -0.2) is 4.79 Å². The van der Waals surface area contributed by atoms with Crippen molar-refractivity contribution in [3.8, 4) is 0 Å². The molecule has 0 radical (unpaired) electrons. The molecular formula is C16H32N2O3. The summed E-state index contributed by atoms with van der Waals surface area (Å²) in [5.74, 6) is 0.474. The quantitative estimate of drug-likeness (QED) is 0.739. The molecule has 0 spiro atoms. The Morgan fingerprint density at radius 3 is 2.29 bits per heavy atom. The van der Waals surface area contributed by atoms with E-state index in [-0.39, 0.29) is 17.7 Å². The van der Waals surface area contributed by atoms with E-state index < -0.39 is 5.60 Å². The standard InChI is InChI=1S/C16H32N2O3/c1-15(2,3)18(14(20)21-16(4,5)6)10-9-17-11-13(19)12-7-8-12/h12-13,17,19H,7-11H2,1-6H3. The van der Waals surface area contributed by atoms with Crippen LogP contribution in [0.4, 0.5) is 4.79 Å². The fourth-order valence-electron chi connectivity index (χ4n) is 2.11. The number of ether oxygens (including phenoxy) is 1. The number of aliphatic hydroxyl groups excluding tert-OH is 1. The molecule has 5 heteroatoms. The average molecular weight is 300 g/mol. The Hall–Kier alpha value is -0.810. The summed E-state index contributed by atoms with van der Waals surface area (Å²) < 4.78 is 5.46. The van der Waals surface area contributed by atoms with Gasteiger partial charge in [0.25, 0.3) is 0 Å². The minimum atomic E-state index is -0.490. The number of aliphatic hydroxyl groups is 1. The van der Waals surface area contributed by atoms with Crippen LogP contribution < -0.4 is 5.32 Å². The lowest BCUT2D eigenvalue weighted by atomic mass is 10.1. The van der Waals surface area contributed by atoms with E-state index >= 15 is 0 Å². The maximum absolute atomic E-state index is 12.3. The van der Waals surface area contributed by atoms with Gasteiger partial charge >= 0.3 is 6.09 Å². The predicted octanol–water partition coefficient (Wildman–Crippen LogP) is 2.38. The van der Waals surface area contributed by atoms with Crippen molar-refractivity contribution in [1.82, 2.24) is 10.2 Å². The Morgan fingerprint density at radius 2 is 1.86 bits per heavy atom. The van der Waals surface area contributed by atoms with Gasteiger partial charge in [0, 0.05) is 25.2 Å². The van der Waals surface area contributed by atoms with Crippen LogP contribution in [0, 0.1) is 5.92 Å². The molecule has 0 bridgehead atoms. The van der Waals surface area contributed by atoms with Crippen LogP contribution in [0.2, 0.25) is 0 Å². The van der Waals surface area contributed by atoms with Crippen molar-refractivity contribution in [1.29, 1.82) is 0 Å². The number of carbonyl (C=O) groups is 1.